The van der Waals surface area contributed by atoms with Crippen molar-refractivity contribution >= 4 is 31.3 Å². The van der Waals surface area contributed by atoms with E-state index in [1.165, 1.54) is 6.07 Å². The molecule has 84 valence electrons. The van der Waals surface area contributed by atoms with Gasteiger partial charge in [0.25, 0.3) is 0 Å². The second-order valence-electron chi connectivity index (χ2n) is 3.42. The Morgan fingerprint density at radius 3 is 2.47 bits per heavy atom. The fourth-order valence-electron chi connectivity index (χ4n) is 1.62. The van der Waals surface area contributed by atoms with Gasteiger partial charge < -0.3 is 16.8 Å². The summed E-state index contributed by atoms with van der Waals surface area (Å²) < 4.78 is 22.7. The van der Waals surface area contributed by atoms with Crippen LogP contribution in [0.2, 0.25) is 0 Å². The van der Waals surface area contributed by atoms with Crippen LogP contribution in [0.25, 0.3) is 10.8 Å². The Hall–Kier alpha value is -0.0400. The Kier molecular flexibility index (Phi) is 5.07. The minimum Gasteiger partial charge on any atom is -0.644 e. The molecule has 0 fully saturated rings. The smallest absolute Gasteiger partial charge is 0.644 e. The van der Waals surface area contributed by atoms with Crippen LogP contribution >= 0.6 is 0 Å². The number of fused-ring (bicyclic) bond motifs is 1. The SMILES string of the molecule is O=S(=O)([S-])c1cccc2cc(CO)ccc12.[Na+]. The summed E-state index contributed by atoms with van der Waals surface area (Å²) in [4.78, 5) is 0.143. The van der Waals surface area contributed by atoms with Crippen molar-refractivity contribution in [1.29, 1.82) is 0 Å². The number of aliphatic hydroxyl groups excluding tert-OH is 1. The van der Waals surface area contributed by atoms with Crippen LogP contribution in [0, 0.1) is 0 Å². The van der Waals surface area contributed by atoms with Crippen LogP contribution in [-0.4, -0.2) is 13.5 Å². The molecule has 0 aliphatic rings. The Bertz CT molecular complexity index is 638. The third kappa shape index (κ3) is 3.24. The Morgan fingerprint density at radius 1 is 1.18 bits per heavy atom. The topological polar surface area (TPSA) is 54.4 Å². The van der Waals surface area contributed by atoms with Crippen LogP contribution in [0.1, 0.15) is 5.56 Å². The predicted octanol–water partition coefficient (Wildman–Crippen LogP) is -1.43. The second-order valence-corrected chi connectivity index (χ2v) is 6.09. The van der Waals surface area contributed by atoms with Gasteiger partial charge in [0, 0.05) is 0 Å². The normalized spacial score (nSPS) is 11.2. The van der Waals surface area contributed by atoms with Crippen LogP contribution < -0.4 is 29.6 Å². The van der Waals surface area contributed by atoms with Crippen molar-refractivity contribution in [2.75, 3.05) is 0 Å². The van der Waals surface area contributed by atoms with Crippen molar-refractivity contribution in [3.63, 3.8) is 0 Å². The maximum Gasteiger partial charge on any atom is 1.00 e. The van der Waals surface area contributed by atoms with E-state index < -0.39 is 8.87 Å². The van der Waals surface area contributed by atoms with E-state index in [4.69, 9.17) is 5.11 Å². The molecule has 2 aromatic carbocycles. The molecule has 0 radical (unpaired) electrons. The van der Waals surface area contributed by atoms with Gasteiger partial charge in [-0.25, -0.2) is 8.42 Å². The molecule has 0 saturated carbocycles. The summed E-state index contributed by atoms with van der Waals surface area (Å²) in [5.74, 6) is 0. The molecule has 0 aliphatic carbocycles. The molecule has 0 spiro atoms. The van der Waals surface area contributed by atoms with Gasteiger partial charge in [-0.15, -0.1) is 0 Å². The molecule has 2 aromatic rings. The molecule has 0 heterocycles. The first-order valence-corrected chi connectivity index (χ1v) is 7.01. The van der Waals surface area contributed by atoms with Crippen molar-refractivity contribution in [2.24, 2.45) is 0 Å². The molecule has 0 aromatic heterocycles. The van der Waals surface area contributed by atoms with Crippen molar-refractivity contribution in [3.05, 3.63) is 42.0 Å². The maximum atomic E-state index is 11.4. The van der Waals surface area contributed by atoms with Gasteiger partial charge >= 0.3 is 29.6 Å². The third-order valence-corrected chi connectivity index (χ3v) is 3.79. The molecular formula is C11H9NaO3S2. The van der Waals surface area contributed by atoms with Crippen LogP contribution in [0.15, 0.2) is 41.3 Å². The number of hydrogen-bond acceptors (Lipinski definition) is 4. The number of aliphatic hydroxyl groups is 1. The standard InChI is InChI=1S/C11H10O3S2.Na/c12-7-8-4-5-10-9(6-8)2-1-3-11(10)16(13,14)15;/h1-6,12H,7H2,(H,13,14,15);/q;+1/p-1. The van der Waals surface area contributed by atoms with E-state index in [-0.39, 0.29) is 41.1 Å². The summed E-state index contributed by atoms with van der Waals surface area (Å²) in [5.41, 5.74) is 0.742. The molecule has 0 unspecified atom stereocenters. The van der Waals surface area contributed by atoms with Gasteiger partial charge in [0.2, 0.25) is 0 Å². The summed E-state index contributed by atoms with van der Waals surface area (Å²) in [6.07, 6.45) is 0. The molecule has 3 nitrogen and oxygen atoms in total. The monoisotopic (exact) mass is 276 g/mol. The van der Waals surface area contributed by atoms with Crippen molar-refractivity contribution in [3.8, 4) is 0 Å². The molecule has 6 heteroatoms. The van der Waals surface area contributed by atoms with Crippen molar-refractivity contribution < 1.29 is 43.1 Å². The van der Waals surface area contributed by atoms with E-state index in [0.717, 1.165) is 10.9 Å². The Morgan fingerprint density at radius 2 is 1.88 bits per heavy atom. The quantitative estimate of drug-likeness (QED) is 0.415. The zero-order valence-corrected chi connectivity index (χ0v) is 12.9. The van der Waals surface area contributed by atoms with Gasteiger partial charge in [-0.2, -0.15) is 0 Å². The maximum absolute atomic E-state index is 11.4. The van der Waals surface area contributed by atoms with E-state index in [1.54, 1.807) is 30.3 Å². The zero-order valence-electron chi connectivity index (χ0n) is 9.25. The second kappa shape index (κ2) is 5.73. The van der Waals surface area contributed by atoms with Crippen molar-refractivity contribution in [2.45, 2.75) is 11.5 Å². The summed E-state index contributed by atoms with van der Waals surface area (Å²) in [7, 11) is -3.63. The first kappa shape index (κ1) is 15.0. The molecular weight excluding hydrogens is 267 g/mol. The minimum absolute atomic E-state index is 0. The molecule has 17 heavy (non-hydrogen) atoms. The van der Waals surface area contributed by atoms with E-state index in [9.17, 15) is 8.42 Å². The largest absolute Gasteiger partial charge is 1.00 e. The molecule has 2 rings (SSSR count). The first-order chi connectivity index (χ1) is 7.52. The Labute approximate surface area is 127 Å². The van der Waals surface area contributed by atoms with Gasteiger partial charge in [0.05, 0.1) is 20.4 Å². The molecule has 1 N–H and O–H groups in total. The summed E-state index contributed by atoms with van der Waals surface area (Å²) in [5, 5.41) is 10.3. The van der Waals surface area contributed by atoms with Crippen LogP contribution in [-0.2, 0) is 27.1 Å². The average Bonchev–Trinajstić information content (AvgIpc) is 2.26. The van der Waals surface area contributed by atoms with Gasteiger partial charge in [-0.1, -0.05) is 24.3 Å². The molecule has 0 bridgehead atoms. The minimum atomic E-state index is -3.63. The van der Waals surface area contributed by atoms with E-state index >= 15 is 0 Å². The van der Waals surface area contributed by atoms with E-state index in [1.807, 2.05) is 0 Å². The Balaban J connectivity index is 0.00000144. The molecule has 0 aliphatic heterocycles. The number of hydrogen-bond donors (Lipinski definition) is 1. The number of rotatable bonds is 2. The van der Waals surface area contributed by atoms with Gasteiger partial charge in [-0.05, 0) is 28.5 Å². The summed E-state index contributed by atoms with van der Waals surface area (Å²) >= 11 is 4.46. The molecule has 0 saturated heterocycles. The summed E-state index contributed by atoms with van der Waals surface area (Å²) in [6.45, 7) is -0.0687. The fourth-order valence-corrected chi connectivity index (χ4v) is 2.76. The van der Waals surface area contributed by atoms with Gasteiger partial charge in [0.15, 0.2) is 0 Å². The average molecular weight is 276 g/mol. The molecule has 0 amide bonds. The molecule has 0 atom stereocenters. The number of benzene rings is 2. The van der Waals surface area contributed by atoms with Crippen LogP contribution in [0.5, 0.6) is 0 Å². The fraction of sp³-hybridized carbons (Fsp3) is 0.0909. The van der Waals surface area contributed by atoms with Gasteiger partial charge in [-0.3, -0.25) is 0 Å². The van der Waals surface area contributed by atoms with E-state index in [2.05, 4.69) is 11.7 Å². The van der Waals surface area contributed by atoms with Crippen LogP contribution in [0.3, 0.4) is 0 Å². The van der Waals surface area contributed by atoms with Crippen molar-refractivity contribution in [1.82, 2.24) is 0 Å². The van der Waals surface area contributed by atoms with Gasteiger partial charge in [0.1, 0.15) is 0 Å². The zero-order chi connectivity index (χ0) is 11.8. The third-order valence-electron chi connectivity index (χ3n) is 2.36. The van der Waals surface area contributed by atoms with E-state index in [0.29, 0.717) is 5.39 Å². The first-order valence-electron chi connectivity index (χ1n) is 4.61. The van der Waals surface area contributed by atoms with Crippen LogP contribution in [0.4, 0.5) is 0 Å². The summed E-state index contributed by atoms with van der Waals surface area (Å²) in [6, 6.07) is 10.0. The predicted molar refractivity (Wildman–Crippen MR) is 64.4 cm³/mol.